The molecule has 0 saturated carbocycles. The second kappa shape index (κ2) is 7.91. The van der Waals surface area contributed by atoms with E-state index in [2.05, 4.69) is 30.4 Å². The fraction of sp³-hybridized carbons (Fsp3) is 0.200. The normalized spacial score (nSPS) is 10.8. The van der Waals surface area contributed by atoms with Gasteiger partial charge in [0.15, 0.2) is 0 Å². The maximum Gasteiger partial charge on any atom is 0.223 e. The van der Waals surface area contributed by atoms with Crippen LogP contribution in [0, 0.1) is 13.8 Å². The van der Waals surface area contributed by atoms with Gasteiger partial charge in [-0.3, -0.25) is 15.0 Å². The Morgan fingerprint density at radius 2 is 1.82 bits per heavy atom. The molecule has 0 aliphatic heterocycles. The number of pyridine rings is 1. The molecule has 1 N–H and O–H groups in total. The summed E-state index contributed by atoms with van der Waals surface area (Å²) < 4.78 is 5.36. The summed E-state index contributed by atoms with van der Waals surface area (Å²) in [5.41, 5.74) is 5.24. The first-order chi connectivity index (χ1) is 13.7. The molecule has 0 saturated heterocycles. The summed E-state index contributed by atoms with van der Waals surface area (Å²) in [6.07, 6.45) is 11.1. The summed E-state index contributed by atoms with van der Waals surface area (Å²) in [4.78, 5) is 21.7. The summed E-state index contributed by atoms with van der Waals surface area (Å²) >= 11 is 0. The molecule has 0 atom stereocenters. The molecule has 28 heavy (non-hydrogen) atoms. The zero-order valence-electron chi connectivity index (χ0n) is 15.6. The zero-order valence-corrected chi connectivity index (χ0v) is 15.6. The molecule has 140 valence electrons. The maximum atomic E-state index is 5.36. The molecule has 0 aromatic carbocycles. The van der Waals surface area contributed by atoms with Crippen LogP contribution in [0.5, 0.6) is 0 Å². The zero-order chi connectivity index (χ0) is 19.3. The van der Waals surface area contributed by atoms with Crippen LogP contribution in [0.1, 0.15) is 17.1 Å². The van der Waals surface area contributed by atoms with Gasteiger partial charge in [0, 0.05) is 55.7 Å². The van der Waals surface area contributed by atoms with Crippen LogP contribution in [0.25, 0.3) is 22.4 Å². The molecule has 8 heteroatoms. The van der Waals surface area contributed by atoms with Crippen molar-refractivity contribution in [3.8, 4) is 22.4 Å². The molecule has 0 bridgehead atoms. The molecule has 8 nitrogen and oxygen atoms in total. The van der Waals surface area contributed by atoms with Crippen molar-refractivity contribution in [1.29, 1.82) is 0 Å². The second-order valence-electron chi connectivity index (χ2n) is 6.26. The first-order valence-corrected chi connectivity index (χ1v) is 8.92. The van der Waals surface area contributed by atoms with Crippen molar-refractivity contribution >= 4 is 5.95 Å². The van der Waals surface area contributed by atoms with Gasteiger partial charge >= 0.3 is 0 Å². The van der Waals surface area contributed by atoms with Gasteiger partial charge in [-0.25, -0.2) is 9.97 Å². The van der Waals surface area contributed by atoms with Crippen molar-refractivity contribution in [2.45, 2.75) is 20.3 Å². The molecule has 0 aliphatic rings. The quantitative estimate of drug-likeness (QED) is 0.549. The first kappa shape index (κ1) is 17.7. The third-order valence-electron chi connectivity index (χ3n) is 4.33. The Morgan fingerprint density at radius 3 is 2.54 bits per heavy atom. The van der Waals surface area contributed by atoms with Crippen LogP contribution in [-0.4, -0.2) is 36.6 Å². The molecule has 4 rings (SSSR count). The third-order valence-corrected chi connectivity index (χ3v) is 4.33. The van der Waals surface area contributed by atoms with Crippen molar-refractivity contribution in [2.75, 3.05) is 11.9 Å². The lowest BCUT2D eigenvalue weighted by molar-refractivity contribution is 0.393. The standard InChI is InChI=1S/C20H19N7O/c1-13-18(14(2)28-27-13)19-17(15-3-6-21-7-4-15)12-25-20(26-19)24-8-5-16-11-22-9-10-23-16/h3-4,6-7,9-12H,5,8H2,1-2H3,(H,24,25,26). The number of hydrogen-bond donors (Lipinski definition) is 1. The minimum Gasteiger partial charge on any atom is -0.361 e. The van der Waals surface area contributed by atoms with Gasteiger partial charge in [-0.1, -0.05) is 5.16 Å². The molecule has 0 spiro atoms. The molecule has 4 heterocycles. The van der Waals surface area contributed by atoms with Gasteiger partial charge in [-0.2, -0.15) is 0 Å². The van der Waals surface area contributed by atoms with E-state index in [9.17, 15) is 0 Å². The fourth-order valence-corrected chi connectivity index (χ4v) is 2.98. The van der Waals surface area contributed by atoms with E-state index in [4.69, 9.17) is 9.51 Å². The van der Waals surface area contributed by atoms with E-state index in [1.54, 1.807) is 31.0 Å². The molecule has 0 unspecified atom stereocenters. The van der Waals surface area contributed by atoms with Crippen LogP contribution in [0.4, 0.5) is 5.95 Å². The van der Waals surface area contributed by atoms with Crippen LogP contribution in [0.2, 0.25) is 0 Å². The Kier molecular flexibility index (Phi) is 5.01. The van der Waals surface area contributed by atoms with Gasteiger partial charge in [-0.05, 0) is 31.5 Å². The minimum absolute atomic E-state index is 0.539. The summed E-state index contributed by atoms with van der Waals surface area (Å²) in [5.74, 6) is 1.26. The van der Waals surface area contributed by atoms with Gasteiger partial charge in [0.25, 0.3) is 0 Å². The van der Waals surface area contributed by atoms with Crippen molar-refractivity contribution < 1.29 is 4.52 Å². The Labute approximate surface area is 162 Å². The summed E-state index contributed by atoms with van der Waals surface area (Å²) in [5, 5.41) is 7.34. The highest BCUT2D eigenvalue weighted by atomic mass is 16.5. The predicted molar refractivity (Wildman–Crippen MR) is 104 cm³/mol. The number of aryl methyl sites for hydroxylation is 2. The lowest BCUT2D eigenvalue weighted by atomic mass is 10.0. The number of aromatic nitrogens is 6. The Bertz CT molecular complexity index is 1050. The molecule has 0 amide bonds. The van der Waals surface area contributed by atoms with Crippen LogP contribution in [0.15, 0.2) is 53.8 Å². The van der Waals surface area contributed by atoms with Crippen molar-refractivity contribution in [3.05, 3.63) is 66.5 Å². The topological polar surface area (TPSA) is 103 Å². The van der Waals surface area contributed by atoms with Gasteiger partial charge < -0.3 is 9.84 Å². The fourth-order valence-electron chi connectivity index (χ4n) is 2.98. The van der Waals surface area contributed by atoms with Crippen LogP contribution >= 0.6 is 0 Å². The maximum absolute atomic E-state index is 5.36. The van der Waals surface area contributed by atoms with E-state index in [0.717, 1.165) is 46.0 Å². The second-order valence-corrected chi connectivity index (χ2v) is 6.26. The molecule has 4 aromatic rings. The highest BCUT2D eigenvalue weighted by Crippen LogP contribution is 2.34. The van der Waals surface area contributed by atoms with Crippen LogP contribution in [0.3, 0.4) is 0 Å². The smallest absolute Gasteiger partial charge is 0.223 e. The first-order valence-electron chi connectivity index (χ1n) is 8.92. The lowest BCUT2D eigenvalue weighted by Gasteiger charge is -2.11. The summed E-state index contributed by atoms with van der Waals surface area (Å²) in [6, 6.07) is 3.86. The molecular formula is C20H19N7O. The van der Waals surface area contributed by atoms with E-state index in [1.807, 2.05) is 32.2 Å². The van der Waals surface area contributed by atoms with E-state index in [0.29, 0.717) is 12.5 Å². The Hall–Kier alpha value is -3.68. The number of nitrogens with zero attached hydrogens (tertiary/aromatic N) is 6. The van der Waals surface area contributed by atoms with E-state index in [-0.39, 0.29) is 0 Å². The van der Waals surface area contributed by atoms with Gasteiger partial charge in [0.2, 0.25) is 5.95 Å². The average molecular weight is 373 g/mol. The molecule has 0 aliphatic carbocycles. The van der Waals surface area contributed by atoms with E-state index < -0.39 is 0 Å². The minimum atomic E-state index is 0.539. The number of rotatable bonds is 6. The number of anilines is 1. The monoisotopic (exact) mass is 373 g/mol. The van der Waals surface area contributed by atoms with Crippen molar-refractivity contribution in [2.24, 2.45) is 0 Å². The van der Waals surface area contributed by atoms with Crippen LogP contribution < -0.4 is 5.32 Å². The predicted octanol–water partition coefficient (Wildman–Crippen LogP) is 3.26. The van der Waals surface area contributed by atoms with Gasteiger partial charge in [-0.15, -0.1) is 0 Å². The number of nitrogens with one attached hydrogen (secondary N) is 1. The molecule has 4 aromatic heterocycles. The number of hydrogen-bond acceptors (Lipinski definition) is 8. The Morgan fingerprint density at radius 1 is 0.964 bits per heavy atom. The average Bonchev–Trinajstić information content (AvgIpc) is 3.07. The highest BCUT2D eigenvalue weighted by molar-refractivity contribution is 5.82. The van der Waals surface area contributed by atoms with E-state index >= 15 is 0 Å². The lowest BCUT2D eigenvalue weighted by Crippen LogP contribution is -2.10. The SMILES string of the molecule is Cc1noc(C)c1-c1nc(NCCc2cnccn2)ncc1-c1ccncc1. The van der Waals surface area contributed by atoms with Crippen LogP contribution in [-0.2, 0) is 6.42 Å². The molecule has 0 fully saturated rings. The third kappa shape index (κ3) is 3.71. The largest absolute Gasteiger partial charge is 0.361 e. The van der Waals surface area contributed by atoms with Gasteiger partial charge in [0.05, 0.1) is 22.6 Å². The van der Waals surface area contributed by atoms with Crippen molar-refractivity contribution in [3.63, 3.8) is 0 Å². The Balaban J connectivity index is 1.66. The summed E-state index contributed by atoms with van der Waals surface area (Å²) in [7, 11) is 0. The molecule has 0 radical (unpaired) electrons. The summed E-state index contributed by atoms with van der Waals surface area (Å²) in [6.45, 7) is 4.44. The molecular weight excluding hydrogens is 354 g/mol. The van der Waals surface area contributed by atoms with Crippen molar-refractivity contribution in [1.82, 2.24) is 30.1 Å². The van der Waals surface area contributed by atoms with E-state index in [1.165, 1.54) is 0 Å². The highest BCUT2D eigenvalue weighted by Gasteiger charge is 2.19. The van der Waals surface area contributed by atoms with Gasteiger partial charge in [0.1, 0.15) is 5.76 Å².